The van der Waals surface area contributed by atoms with Gasteiger partial charge in [0.1, 0.15) is 5.75 Å². The van der Waals surface area contributed by atoms with E-state index in [2.05, 4.69) is 5.32 Å². The molecule has 0 radical (unpaired) electrons. The Bertz CT molecular complexity index is 446. The summed E-state index contributed by atoms with van der Waals surface area (Å²) in [4.78, 5) is 11.7. The van der Waals surface area contributed by atoms with Crippen LogP contribution in [0.5, 0.6) is 5.75 Å². The first-order chi connectivity index (χ1) is 9.28. The van der Waals surface area contributed by atoms with E-state index in [0.717, 1.165) is 0 Å². The lowest BCUT2D eigenvalue weighted by Crippen LogP contribution is -2.43. The summed E-state index contributed by atoms with van der Waals surface area (Å²) in [5.74, 6) is 0.639. The summed E-state index contributed by atoms with van der Waals surface area (Å²) in [5.41, 5.74) is -0.903. The molecule has 0 aliphatic rings. The molecular formula is C15H22ClNO3. The third-order valence-corrected chi connectivity index (χ3v) is 2.92. The smallest absolute Gasteiger partial charge is 0.258 e. The van der Waals surface area contributed by atoms with Gasteiger partial charge in [-0.15, -0.1) is 0 Å². The van der Waals surface area contributed by atoms with Crippen LogP contribution in [0.3, 0.4) is 0 Å². The van der Waals surface area contributed by atoms with Crippen LogP contribution >= 0.6 is 11.6 Å². The van der Waals surface area contributed by atoms with Crippen molar-refractivity contribution in [3.05, 3.63) is 29.3 Å². The number of hydrogen-bond donors (Lipinski definition) is 2. The minimum absolute atomic E-state index is 0.0991. The van der Waals surface area contributed by atoms with Crippen LogP contribution in [0.25, 0.3) is 0 Å². The molecule has 0 spiro atoms. The van der Waals surface area contributed by atoms with Gasteiger partial charge in [-0.3, -0.25) is 4.79 Å². The lowest BCUT2D eigenvalue weighted by Gasteiger charge is -2.25. The molecule has 1 rings (SSSR count). The van der Waals surface area contributed by atoms with Crippen LogP contribution in [0.4, 0.5) is 0 Å². The number of amides is 1. The average Bonchev–Trinajstić information content (AvgIpc) is 2.32. The fourth-order valence-electron chi connectivity index (χ4n) is 2.00. The molecule has 0 aliphatic carbocycles. The highest BCUT2D eigenvalue weighted by Gasteiger charge is 2.22. The van der Waals surface area contributed by atoms with Gasteiger partial charge in [0.25, 0.3) is 5.91 Å². The van der Waals surface area contributed by atoms with E-state index in [1.165, 1.54) is 0 Å². The van der Waals surface area contributed by atoms with Crippen molar-refractivity contribution >= 4 is 17.5 Å². The Morgan fingerprint density at radius 1 is 1.50 bits per heavy atom. The Kier molecular flexibility index (Phi) is 6.30. The Morgan fingerprint density at radius 2 is 2.20 bits per heavy atom. The summed E-state index contributed by atoms with van der Waals surface area (Å²) < 4.78 is 5.32. The van der Waals surface area contributed by atoms with Gasteiger partial charge in [-0.2, -0.15) is 0 Å². The fourth-order valence-corrected chi connectivity index (χ4v) is 2.18. The largest absolute Gasteiger partial charge is 0.484 e. The van der Waals surface area contributed by atoms with Crippen LogP contribution in [0.1, 0.15) is 27.2 Å². The molecular weight excluding hydrogens is 278 g/mol. The standard InChI is InChI=1S/C15H22ClNO3/c1-11(2)8-15(3,19)10-17-14(18)9-20-13-6-4-5-12(16)7-13/h4-7,11,19H,8-10H2,1-3H3,(H,17,18). The maximum atomic E-state index is 11.7. The van der Waals surface area contributed by atoms with Gasteiger partial charge < -0.3 is 15.2 Å². The third-order valence-electron chi connectivity index (χ3n) is 2.68. The molecule has 2 N–H and O–H groups in total. The number of halogens is 1. The first kappa shape index (κ1) is 16.8. The molecule has 0 aromatic heterocycles. The van der Waals surface area contributed by atoms with Crippen LogP contribution in [0.15, 0.2) is 24.3 Å². The Labute approximate surface area is 125 Å². The summed E-state index contributed by atoms with van der Waals surface area (Å²) in [5, 5.41) is 13.3. The predicted molar refractivity (Wildman–Crippen MR) is 80.0 cm³/mol. The quantitative estimate of drug-likeness (QED) is 0.814. The maximum absolute atomic E-state index is 11.7. The summed E-state index contributed by atoms with van der Waals surface area (Å²) in [7, 11) is 0. The van der Waals surface area contributed by atoms with Crippen molar-refractivity contribution in [3.63, 3.8) is 0 Å². The molecule has 0 saturated carbocycles. The molecule has 0 aliphatic heterocycles. The molecule has 112 valence electrons. The number of carbonyl (C=O) groups is 1. The molecule has 5 heteroatoms. The van der Waals surface area contributed by atoms with Crippen LogP contribution < -0.4 is 10.1 Å². The minimum Gasteiger partial charge on any atom is -0.484 e. The minimum atomic E-state index is -0.903. The fraction of sp³-hybridized carbons (Fsp3) is 0.533. The number of benzene rings is 1. The van der Waals surface area contributed by atoms with Crippen LogP contribution in [0, 0.1) is 5.92 Å². The lowest BCUT2D eigenvalue weighted by molar-refractivity contribution is -0.124. The number of ether oxygens (including phenoxy) is 1. The number of nitrogens with one attached hydrogen (secondary N) is 1. The molecule has 0 saturated heterocycles. The van der Waals surface area contributed by atoms with E-state index in [1.807, 2.05) is 13.8 Å². The van der Waals surface area contributed by atoms with Gasteiger partial charge in [-0.1, -0.05) is 31.5 Å². The van der Waals surface area contributed by atoms with Gasteiger partial charge in [0.15, 0.2) is 6.61 Å². The van der Waals surface area contributed by atoms with E-state index in [1.54, 1.807) is 31.2 Å². The molecule has 1 amide bonds. The average molecular weight is 300 g/mol. The van der Waals surface area contributed by atoms with Gasteiger partial charge in [0, 0.05) is 11.6 Å². The number of rotatable bonds is 7. The van der Waals surface area contributed by atoms with Crippen molar-refractivity contribution in [1.29, 1.82) is 0 Å². The van der Waals surface area contributed by atoms with E-state index in [9.17, 15) is 9.90 Å². The number of aliphatic hydroxyl groups is 1. The first-order valence-electron chi connectivity index (χ1n) is 6.66. The first-order valence-corrected chi connectivity index (χ1v) is 7.04. The SMILES string of the molecule is CC(C)CC(C)(O)CNC(=O)COc1cccc(Cl)c1. The molecule has 20 heavy (non-hydrogen) atoms. The van der Waals surface area contributed by atoms with E-state index in [4.69, 9.17) is 16.3 Å². The predicted octanol–water partition coefficient (Wildman–Crippen LogP) is 2.63. The molecule has 0 bridgehead atoms. The maximum Gasteiger partial charge on any atom is 0.258 e. The zero-order valence-corrected chi connectivity index (χ0v) is 12.9. The van der Waals surface area contributed by atoms with Crippen molar-refractivity contribution in [3.8, 4) is 5.75 Å². The molecule has 4 nitrogen and oxygen atoms in total. The highest BCUT2D eigenvalue weighted by Crippen LogP contribution is 2.17. The molecule has 1 unspecified atom stereocenters. The van der Waals surface area contributed by atoms with Gasteiger partial charge in [0.05, 0.1) is 5.60 Å². The van der Waals surface area contributed by atoms with Crippen LogP contribution in [-0.2, 0) is 4.79 Å². The summed E-state index contributed by atoms with van der Waals surface area (Å²) in [6.45, 7) is 5.88. The van der Waals surface area contributed by atoms with E-state index in [-0.39, 0.29) is 19.1 Å². The van der Waals surface area contributed by atoms with Gasteiger partial charge in [-0.05, 0) is 37.5 Å². The number of carbonyl (C=O) groups excluding carboxylic acids is 1. The second-order valence-electron chi connectivity index (χ2n) is 5.62. The molecule has 1 aromatic rings. The van der Waals surface area contributed by atoms with Gasteiger partial charge >= 0.3 is 0 Å². The highest BCUT2D eigenvalue weighted by atomic mass is 35.5. The van der Waals surface area contributed by atoms with Crippen molar-refractivity contribution < 1.29 is 14.6 Å². The summed E-state index contributed by atoms with van der Waals surface area (Å²) in [6, 6.07) is 6.86. The molecule has 0 heterocycles. The van der Waals surface area contributed by atoms with Crippen molar-refractivity contribution in [1.82, 2.24) is 5.32 Å². The molecule has 1 atom stereocenters. The van der Waals surface area contributed by atoms with E-state index < -0.39 is 5.60 Å². The zero-order valence-electron chi connectivity index (χ0n) is 12.1. The van der Waals surface area contributed by atoms with Crippen molar-refractivity contribution in [2.45, 2.75) is 32.8 Å². The lowest BCUT2D eigenvalue weighted by atomic mass is 9.94. The summed E-state index contributed by atoms with van der Waals surface area (Å²) in [6.07, 6.45) is 0.627. The Morgan fingerprint density at radius 3 is 2.80 bits per heavy atom. The van der Waals surface area contributed by atoms with Crippen LogP contribution in [-0.4, -0.2) is 29.8 Å². The van der Waals surface area contributed by atoms with Crippen molar-refractivity contribution in [2.24, 2.45) is 5.92 Å². The van der Waals surface area contributed by atoms with E-state index >= 15 is 0 Å². The van der Waals surface area contributed by atoms with Gasteiger partial charge in [0.2, 0.25) is 0 Å². The number of hydrogen-bond acceptors (Lipinski definition) is 3. The van der Waals surface area contributed by atoms with Gasteiger partial charge in [-0.25, -0.2) is 0 Å². The second-order valence-corrected chi connectivity index (χ2v) is 6.05. The van der Waals surface area contributed by atoms with Crippen LogP contribution in [0.2, 0.25) is 5.02 Å². The van der Waals surface area contributed by atoms with E-state index in [0.29, 0.717) is 23.1 Å². The molecule has 1 aromatic carbocycles. The third kappa shape index (κ3) is 6.78. The van der Waals surface area contributed by atoms with Crippen molar-refractivity contribution in [2.75, 3.05) is 13.2 Å². The Balaban J connectivity index is 2.34. The molecule has 0 fully saturated rings. The summed E-state index contributed by atoms with van der Waals surface area (Å²) >= 11 is 5.82. The Hall–Kier alpha value is -1.26. The topological polar surface area (TPSA) is 58.6 Å². The highest BCUT2D eigenvalue weighted by molar-refractivity contribution is 6.30. The monoisotopic (exact) mass is 299 g/mol. The second kappa shape index (κ2) is 7.50. The normalized spacial score (nSPS) is 13.9. The zero-order chi connectivity index (χ0) is 15.2.